The second-order valence-corrected chi connectivity index (χ2v) is 4.62. The van der Waals surface area contributed by atoms with Gasteiger partial charge in [0.1, 0.15) is 0 Å². The van der Waals surface area contributed by atoms with E-state index in [0.717, 1.165) is 11.8 Å². The van der Waals surface area contributed by atoms with Gasteiger partial charge in [0.05, 0.1) is 16.0 Å². The number of carbonyl (C=O) groups excluding carboxylic acids is 1. The summed E-state index contributed by atoms with van der Waals surface area (Å²) in [5.74, 6) is -2.49. The number of hydrogen-bond acceptors (Lipinski definition) is 6. The van der Waals surface area contributed by atoms with Crippen molar-refractivity contribution in [3.8, 4) is 5.88 Å². The van der Waals surface area contributed by atoms with Crippen LogP contribution >= 0.6 is 23.2 Å². The van der Waals surface area contributed by atoms with Gasteiger partial charge < -0.3 is 20.3 Å². The third-order valence-corrected chi connectivity index (χ3v) is 3.15. The number of carboxylic acids is 1. The van der Waals surface area contributed by atoms with Crippen LogP contribution in [0.1, 0.15) is 15.9 Å². The van der Waals surface area contributed by atoms with E-state index in [4.69, 9.17) is 23.2 Å². The minimum atomic E-state index is -1.61. The summed E-state index contributed by atoms with van der Waals surface area (Å²) < 4.78 is 0. The van der Waals surface area contributed by atoms with Crippen LogP contribution in [-0.4, -0.2) is 15.9 Å². The Balaban J connectivity index is 0.00000220. The van der Waals surface area contributed by atoms with Gasteiger partial charge in [-0.2, -0.15) is 0 Å². The molecule has 1 aromatic heterocycles. The van der Waals surface area contributed by atoms with E-state index in [1.807, 2.05) is 0 Å². The van der Waals surface area contributed by atoms with Gasteiger partial charge in [-0.15, -0.1) is 0 Å². The Morgan fingerprint density at radius 2 is 1.91 bits per heavy atom. The molecule has 0 spiro atoms. The SMILES string of the molecule is O=C([O-])c1cnc(NCc2ccc(Cl)c(Cl)c2)nc1[O-].[Na+].[Na+]. The molecule has 0 bridgehead atoms. The second kappa shape index (κ2) is 9.95. The maximum absolute atomic E-state index is 11.3. The molecule has 0 atom stereocenters. The van der Waals surface area contributed by atoms with Crippen molar-refractivity contribution in [2.75, 3.05) is 5.32 Å². The van der Waals surface area contributed by atoms with Crippen LogP contribution in [0.25, 0.3) is 0 Å². The smallest absolute Gasteiger partial charge is 0.858 e. The van der Waals surface area contributed by atoms with Crippen LogP contribution in [0.5, 0.6) is 5.88 Å². The summed E-state index contributed by atoms with van der Waals surface area (Å²) in [7, 11) is 0. The van der Waals surface area contributed by atoms with Crippen LogP contribution in [0, 0.1) is 0 Å². The monoisotopic (exact) mass is 357 g/mol. The summed E-state index contributed by atoms with van der Waals surface area (Å²) in [6.07, 6.45) is 0.905. The third-order valence-electron chi connectivity index (χ3n) is 2.41. The number of aromatic carboxylic acids is 1. The summed E-state index contributed by atoms with van der Waals surface area (Å²) in [4.78, 5) is 17.7. The Hall–Kier alpha value is -0.0500. The molecule has 0 amide bonds. The van der Waals surface area contributed by atoms with Gasteiger partial charge in [0.15, 0.2) is 0 Å². The molecule has 2 rings (SSSR count). The topological polar surface area (TPSA) is 101 Å². The van der Waals surface area contributed by atoms with Crippen molar-refractivity contribution in [1.82, 2.24) is 9.97 Å². The number of carbonyl (C=O) groups is 1. The molecule has 0 radical (unpaired) electrons. The molecule has 1 N–H and O–H groups in total. The van der Waals surface area contributed by atoms with Gasteiger partial charge in [0, 0.05) is 24.2 Å². The number of carboxylic acid groups (broad SMARTS) is 1. The van der Waals surface area contributed by atoms with E-state index < -0.39 is 17.4 Å². The number of nitrogens with one attached hydrogen (secondary N) is 1. The fourth-order valence-corrected chi connectivity index (χ4v) is 1.74. The molecule has 1 heterocycles. The number of hydrogen-bond donors (Lipinski definition) is 1. The molecular formula is C12H7Cl2N3Na2O3. The minimum absolute atomic E-state index is 0. The molecule has 0 fully saturated rings. The maximum atomic E-state index is 11.3. The minimum Gasteiger partial charge on any atom is -0.858 e. The Morgan fingerprint density at radius 1 is 1.23 bits per heavy atom. The van der Waals surface area contributed by atoms with Gasteiger partial charge in [-0.1, -0.05) is 29.3 Å². The molecule has 0 aliphatic heterocycles. The number of aromatic nitrogens is 2. The predicted molar refractivity (Wildman–Crippen MR) is 69.6 cm³/mol. The Morgan fingerprint density at radius 3 is 2.45 bits per heavy atom. The van der Waals surface area contributed by atoms with Crippen molar-refractivity contribution >= 4 is 35.1 Å². The molecule has 0 aliphatic rings. The normalized spacial score (nSPS) is 9.36. The molecular weight excluding hydrogens is 351 g/mol. The van der Waals surface area contributed by atoms with Crippen molar-refractivity contribution in [3.05, 3.63) is 45.6 Å². The average Bonchev–Trinajstić information content (AvgIpc) is 2.40. The van der Waals surface area contributed by atoms with Crippen molar-refractivity contribution in [1.29, 1.82) is 0 Å². The van der Waals surface area contributed by atoms with E-state index in [2.05, 4.69) is 15.3 Å². The van der Waals surface area contributed by atoms with Gasteiger partial charge in [-0.25, -0.2) is 9.97 Å². The van der Waals surface area contributed by atoms with Crippen LogP contribution in [-0.2, 0) is 6.54 Å². The Kier molecular flexibility index (Phi) is 9.93. The zero-order valence-corrected chi connectivity index (χ0v) is 17.4. The van der Waals surface area contributed by atoms with Crippen LogP contribution in [0.2, 0.25) is 10.0 Å². The summed E-state index contributed by atoms with van der Waals surface area (Å²) in [5.41, 5.74) is 0.226. The average molecular weight is 358 g/mol. The first kappa shape index (κ1) is 21.9. The molecule has 0 unspecified atom stereocenters. The number of rotatable bonds is 4. The van der Waals surface area contributed by atoms with Crippen LogP contribution in [0.3, 0.4) is 0 Å². The number of anilines is 1. The molecule has 0 saturated heterocycles. The third kappa shape index (κ3) is 5.86. The maximum Gasteiger partial charge on any atom is 1.00 e. The number of nitrogens with zero attached hydrogens (tertiary/aromatic N) is 2. The predicted octanol–water partition coefficient (Wildman–Crippen LogP) is -5.16. The van der Waals surface area contributed by atoms with E-state index in [0.29, 0.717) is 16.6 Å². The Bertz CT molecular complexity index is 674. The van der Waals surface area contributed by atoms with E-state index in [1.165, 1.54) is 0 Å². The molecule has 1 aromatic carbocycles. The van der Waals surface area contributed by atoms with E-state index in [-0.39, 0.29) is 65.1 Å². The molecule has 22 heavy (non-hydrogen) atoms. The molecule has 0 saturated carbocycles. The fraction of sp³-hybridized carbons (Fsp3) is 0.0833. The quantitative estimate of drug-likeness (QED) is 0.549. The largest absolute Gasteiger partial charge is 1.00 e. The number of halogens is 2. The van der Waals surface area contributed by atoms with Crippen LogP contribution < -0.4 is 74.6 Å². The van der Waals surface area contributed by atoms with Crippen molar-refractivity contribution in [2.45, 2.75) is 6.54 Å². The van der Waals surface area contributed by atoms with Crippen molar-refractivity contribution < 1.29 is 74.1 Å². The first-order valence-corrected chi connectivity index (χ1v) is 6.16. The van der Waals surface area contributed by atoms with Crippen LogP contribution in [0.15, 0.2) is 24.4 Å². The zero-order valence-electron chi connectivity index (χ0n) is 11.9. The standard InChI is InChI=1S/C12H9Cl2N3O3.2Na/c13-8-2-1-6(3-9(8)14)4-15-12-16-5-7(11(19)20)10(18)17-12;;/h1-3,5H,4H2,(H,19,20)(H2,15,16,17,18);;/q;2*+1/p-2. The molecule has 0 aliphatic carbocycles. The van der Waals surface area contributed by atoms with E-state index in [9.17, 15) is 15.0 Å². The first-order chi connectivity index (χ1) is 9.47. The van der Waals surface area contributed by atoms with Crippen molar-refractivity contribution in [3.63, 3.8) is 0 Å². The van der Waals surface area contributed by atoms with Gasteiger partial charge in [0.2, 0.25) is 5.95 Å². The number of benzene rings is 1. The van der Waals surface area contributed by atoms with Gasteiger partial charge in [-0.05, 0) is 17.7 Å². The molecule has 104 valence electrons. The molecule has 2 aromatic rings. The van der Waals surface area contributed by atoms with Crippen molar-refractivity contribution in [2.24, 2.45) is 0 Å². The Labute approximate surface area is 180 Å². The fourth-order valence-electron chi connectivity index (χ4n) is 1.42. The molecule has 6 nitrogen and oxygen atoms in total. The van der Waals surface area contributed by atoms with E-state index in [1.54, 1.807) is 18.2 Å². The van der Waals surface area contributed by atoms with Crippen LogP contribution in [0.4, 0.5) is 5.95 Å². The summed E-state index contributed by atoms with van der Waals surface area (Å²) in [6, 6.07) is 5.04. The first-order valence-electron chi connectivity index (χ1n) is 5.40. The second-order valence-electron chi connectivity index (χ2n) is 3.80. The summed E-state index contributed by atoms with van der Waals surface area (Å²) >= 11 is 11.6. The summed E-state index contributed by atoms with van der Waals surface area (Å²) in [5, 5.41) is 25.5. The van der Waals surface area contributed by atoms with Gasteiger partial charge in [0.25, 0.3) is 0 Å². The van der Waals surface area contributed by atoms with E-state index >= 15 is 0 Å². The zero-order chi connectivity index (χ0) is 14.7. The molecule has 10 heteroatoms. The summed E-state index contributed by atoms with van der Waals surface area (Å²) in [6.45, 7) is 0.307. The van der Waals surface area contributed by atoms with Gasteiger partial charge in [-0.3, -0.25) is 0 Å². The van der Waals surface area contributed by atoms with Gasteiger partial charge >= 0.3 is 59.1 Å².